The number of hydrogen-bond acceptors (Lipinski definition) is 7. The van der Waals surface area contributed by atoms with E-state index in [1.165, 1.54) is 23.1 Å². The Morgan fingerprint density at radius 2 is 2.08 bits per heavy atom. The Hall–Kier alpha value is -1.90. The molecule has 1 aromatic carbocycles. The second-order valence-electron chi connectivity index (χ2n) is 6.02. The molecule has 0 aliphatic carbocycles. The SMILES string of the molecule is C=CCN1CCN(c2ccccc2NC(=O)CSc2nnc(C)s2)CC1. The van der Waals surface area contributed by atoms with Crippen molar-refractivity contribution in [2.75, 3.05) is 48.7 Å². The van der Waals surface area contributed by atoms with Crippen LogP contribution in [-0.2, 0) is 4.79 Å². The van der Waals surface area contributed by atoms with Crippen molar-refractivity contribution in [2.24, 2.45) is 0 Å². The molecule has 1 amide bonds. The van der Waals surface area contributed by atoms with E-state index in [2.05, 4.69) is 38.0 Å². The monoisotopic (exact) mass is 389 g/mol. The number of para-hydroxylation sites is 2. The van der Waals surface area contributed by atoms with Gasteiger partial charge in [0.15, 0.2) is 4.34 Å². The van der Waals surface area contributed by atoms with Gasteiger partial charge < -0.3 is 10.2 Å². The number of nitrogens with zero attached hydrogens (tertiary/aromatic N) is 4. The highest BCUT2D eigenvalue weighted by Gasteiger charge is 2.19. The van der Waals surface area contributed by atoms with Gasteiger partial charge >= 0.3 is 0 Å². The standard InChI is InChI=1S/C18H23N5OS2/c1-3-8-22-9-11-23(12-10-22)16-7-5-4-6-15(16)19-17(24)13-25-18-21-20-14(2)26-18/h3-7H,1,8-13H2,2H3,(H,19,24). The molecule has 6 nitrogen and oxygen atoms in total. The topological polar surface area (TPSA) is 61.4 Å². The molecule has 0 radical (unpaired) electrons. The van der Waals surface area contributed by atoms with Gasteiger partial charge in [-0.25, -0.2) is 0 Å². The summed E-state index contributed by atoms with van der Waals surface area (Å²) in [7, 11) is 0. The number of anilines is 2. The molecule has 0 unspecified atom stereocenters. The van der Waals surface area contributed by atoms with Crippen molar-refractivity contribution in [2.45, 2.75) is 11.3 Å². The number of thioether (sulfide) groups is 1. The lowest BCUT2D eigenvalue weighted by atomic mass is 10.2. The number of nitrogens with one attached hydrogen (secondary N) is 1. The molecule has 26 heavy (non-hydrogen) atoms. The smallest absolute Gasteiger partial charge is 0.234 e. The van der Waals surface area contributed by atoms with Crippen LogP contribution in [0.25, 0.3) is 0 Å². The van der Waals surface area contributed by atoms with Crippen LogP contribution in [0.1, 0.15) is 5.01 Å². The Morgan fingerprint density at radius 3 is 2.77 bits per heavy atom. The highest BCUT2D eigenvalue weighted by molar-refractivity contribution is 8.01. The molecule has 8 heteroatoms. The van der Waals surface area contributed by atoms with E-state index in [0.29, 0.717) is 5.75 Å². The van der Waals surface area contributed by atoms with E-state index in [0.717, 1.165) is 53.4 Å². The molecule has 2 heterocycles. The van der Waals surface area contributed by atoms with Crippen LogP contribution in [0.4, 0.5) is 11.4 Å². The third-order valence-electron chi connectivity index (χ3n) is 4.11. The summed E-state index contributed by atoms with van der Waals surface area (Å²) in [6.07, 6.45) is 1.95. The average molecular weight is 390 g/mol. The van der Waals surface area contributed by atoms with E-state index in [1.54, 1.807) is 0 Å². The summed E-state index contributed by atoms with van der Waals surface area (Å²) >= 11 is 2.93. The minimum Gasteiger partial charge on any atom is -0.367 e. The molecule has 1 aromatic heterocycles. The van der Waals surface area contributed by atoms with Crippen LogP contribution in [0.2, 0.25) is 0 Å². The minimum absolute atomic E-state index is 0.0272. The maximum Gasteiger partial charge on any atom is 0.234 e. The van der Waals surface area contributed by atoms with Crippen LogP contribution in [0, 0.1) is 6.92 Å². The zero-order chi connectivity index (χ0) is 18.4. The van der Waals surface area contributed by atoms with Crippen LogP contribution in [0.5, 0.6) is 0 Å². The van der Waals surface area contributed by atoms with Gasteiger partial charge in [0.1, 0.15) is 5.01 Å². The number of aryl methyl sites for hydroxylation is 1. The summed E-state index contributed by atoms with van der Waals surface area (Å²) < 4.78 is 0.823. The number of carbonyl (C=O) groups is 1. The van der Waals surface area contributed by atoms with Crippen LogP contribution in [0.3, 0.4) is 0 Å². The fraction of sp³-hybridized carbons (Fsp3) is 0.389. The van der Waals surface area contributed by atoms with Gasteiger partial charge in [-0.2, -0.15) is 0 Å². The number of hydrogen-bond donors (Lipinski definition) is 1. The fourth-order valence-electron chi connectivity index (χ4n) is 2.86. The van der Waals surface area contributed by atoms with E-state index in [4.69, 9.17) is 0 Å². The first-order chi connectivity index (χ1) is 12.7. The van der Waals surface area contributed by atoms with Gasteiger partial charge in [-0.1, -0.05) is 41.3 Å². The maximum atomic E-state index is 12.4. The van der Waals surface area contributed by atoms with E-state index in [9.17, 15) is 4.79 Å². The molecule has 0 saturated carbocycles. The Bertz CT molecular complexity index is 756. The lowest BCUT2D eigenvalue weighted by Gasteiger charge is -2.36. The van der Waals surface area contributed by atoms with Crippen molar-refractivity contribution >= 4 is 40.4 Å². The Kier molecular flexibility index (Phi) is 6.65. The molecule has 1 N–H and O–H groups in total. The second-order valence-corrected chi connectivity index (χ2v) is 8.42. The normalized spacial score (nSPS) is 15.0. The fourth-order valence-corrected chi connectivity index (χ4v) is 4.47. The quantitative estimate of drug-likeness (QED) is 0.580. The van der Waals surface area contributed by atoms with Crippen molar-refractivity contribution in [1.82, 2.24) is 15.1 Å². The number of carbonyl (C=O) groups excluding carboxylic acids is 1. The van der Waals surface area contributed by atoms with Gasteiger partial charge in [0, 0.05) is 32.7 Å². The molecular formula is C18H23N5OS2. The molecule has 0 atom stereocenters. The summed E-state index contributed by atoms with van der Waals surface area (Å²) in [4.78, 5) is 17.1. The first kappa shape index (κ1) is 18.9. The molecule has 1 aliphatic rings. The van der Waals surface area contributed by atoms with Crippen molar-refractivity contribution in [3.05, 3.63) is 41.9 Å². The molecule has 1 saturated heterocycles. The van der Waals surface area contributed by atoms with Crippen LogP contribution in [0.15, 0.2) is 41.3 Å². The molecule has 138 valence electrons. The summed E-state index contributed by atoms with van der Waals surface area (Å²) in [5, 5.41) is 12.0. The third kappa shape index (κ3) is 5.06. The highest BCUT2D eigenvalue weighted by Crippen LogP contribution is 2.27. The summed E-state index contributed by atoms with van der Waals surface area (Å²) in [5.41, 5.74) is 1.94. The first-order valence-corrected chi connectivity index (χ1v) is 10.4. The Balaban J connectivity index is 1.58. The molecule has 1 fully saturated rings. The summed E-state index contributed by atoms with van der Waals surface area (Å²) in [6, 6.07) is 8.00. The molecule has 1 aliphatic heterocycles. The largest absolute Gasteiger partial charge is 0.367 e. The Labute approximate surface area is 162 Å². The zero-order valence-electron chi connectivity index (χ0n) is 14.9. The van der Waals surface area contributed by atoms with Gasteiger partial charge in [-0.15, -0.1) is 16.8 Å². The van der Waals surface area contributed by atoms with Crippen molar-refractivity contribution in [3.8, 4) is 0 Å². The van der Waals surface area contributed by atoms with Crippen LogP contribution in [-0.4, -0.2) is 59.5 Å². The minimum atomic E-state index is -0.0272. The van der Waals surface area contributed by atoms with E-state index in [-0.39, 0.29) is 5.91 Å². The maximum absolute atomic E-state index is 12.4. The predicted octanol–water partition coefficient (Wildman–Crippen LogP) is 2.89. The van der Waals surface area contributed by atoms with Gasteiger partial charge in [0.25, 0.3) is 0 Å². The molecular weight excluding hydrogens is 366 g/mol. The highest BCUT2D eigenvalue weighted by atomic mass is 32.2. The number of aromatic nitrogens is 2. The number of amides is 1. The second kappa shape index (κ2) is 9.16. The zero-order valence-corrected chi connectivity index (χ0v) is 16.5. The lowest BCUT2D eigenvalue weighted by molar-refractivity contribution is -0.113. The van der Waals surface area contributed by atoms with E-state index >= 15 is 0 Å². The molecule has 3 rings (SSSR count). The predicted molar refractivity (Wildman–Crippen MR) is 109 cm³/mol. The number of rotatable bonds is 7. The van der Waals surface area contributed by atoms with E-state index in [1.807, 2.05) is 31.2 Å². The average Bonchev–Trinajstić information content (AvgIpc) is 3.07. The third-order valence-corrected chi connectivity index (χ3v) is 6.08. The van der Waals surface area contributed by atoms with Crippen molar-refractivity contribution < 1.29 is 4.79 Å². The van der Waals surface area contributed by atoms with Crippen LogP contribution < -0.4 is 10.2 Å². The summed E-state index contributed by atoms with van der Waals surface area (Å²) in [5.74, 6) is 0.302. The van der Waals surface area contributed by atoms with Gasteiger partial charge in [-0.05, 0) is 19.1 Å². The van der Waals surface area contributed by atoms with Crippen molar-refractivity contribution in [3.63, 3.8) is 0 Å². The summed E-state index contributed by atoms with van der Waals surface area (Å²) in [6.45, 7) is 10.5. The Morgan fingerprint density at radius 1 is 1.31 bits per heavy atom. The molecule has 0 spiro atoms. The van der Waals surface area contributed by atoms with Crippen LogP contribution >= 0.6 is 23.1 Å². The van der Waals surface area contributed by atoms with Gasteiger partial charge in [0.2, 0.25) is 5.91 Å². The lowest BCUT2D eigenvalue weighted by Crippen LogP contribution is -2.46. The van der Waals surface area contributed by atoms with Gasteiger partial charge in [0.05, 0.1) is 17.1 Å². The number of piperazine rings is 1. The van der Waals surface area contributed by atoms with E-state index < -0.39 is 0 Å². The van der Waals surface area contributed by atoms with Gasteiger partial charge in [-0.3, -0.25) is 9.69 Å². The molecule has 2 aromatic rings. The molecule has 0 bridgehead atoms. The van der Waals surface area contributed by atoms with Crippen molar-refractivity contribution in [1.29, 1.82) is 0 Å². The first-order valence-electron chi connectivity index (χ1n) is 8.55. The number of benzene rings is 1.